The fourth-order valence-corrected chi connectivity index (χ4v) is 1.59. The topological polar surface area (TPSA) is 53.2 Å². The largest absolute Gasteiger partial charge is 1.00 e. The molecule has 0 spiro atoms. The average molecular weight is 364 g/mol. The Bertz CT molecular complexity index is 402. The normalized spacial score (nSPS) is 12.5. The molecule has 1 atom stereocenters. The predicted octanol–water partition coefficient (Wildman–Crippen LogP) is -2.00. The fraction of sp³-hybridized carbons (Fsp3) is 0.538. The number of carbonyl (C=O) groups excluding carboxylic acids is 1. The lowest BCUT2D eigenvalue weighted by Gasteiger charge is -2.22. The van der Waals surface area contributed by atoms with Crippen LogP contribution in [0.15, 0.2) is 24.5 Å². The Morgan fingerprint density at radius 2 is 2.11 bits per heavy atom. The van der Waals surface area contributed by atoms with E-state index in [9.17, 15) is 9.90 Å². The van der Waals surface area contributed by atoms with Crippen molar-refractivity contribution in [2.75, 3.05) is 0 Å². The molecule has 0 aliphatic rings. The monoisotopic (exact) mass is 364 g/mol. The first-order valence-electron chi connectivity index (χ1n) is 5.72. The van der Waals surface area contributed by atoms with Crippen molar-refractivity contribution in [3.63, 3.8) is 0 Å². The number of aliphatic hydroxyl groups is 1. The van der Waals surface area contributed by atoms with Crippen molar-refractivity contribution in [1.29, 1.82) is 0 Å². The van der Waals surface area contributed by atoms with E-state index in [-0.39, 0.29) is 35.3 Å². The van der Waals surface area contributed by atoms with Crippen molar-refractivity contribution in [2.45, 2.75) is 33.4 Å². The molecule has 4 nitrogen and oxygen atoms in total. The lowest BCUT2D eigenvalue weighted by Crippen LogP contribution is -3.00. The molecule has 0 aliphatic heterocycles. The number of aromatic nitrogens is 1. The minimum absolute atomic E-state index is 0. The molecule has 2 N–H and O–H groups in total. The minimum Gasteiger partial charge on any atom is -1.00 e. The number of aliphatic hydroxyl groups excluding tert-OH is 1. The van der Waals surface area contributed by atoms with Gasteiger partial charge in [0.1, 0.15) is 18.8 Å². The summed E-state index contributed by atoms with van der Waals surface area (Å²) >= 11 is 0. The maximum absolute atomic E-state index is 11.8. The Kier molecular flexibility index (Phi) is 6.77. The van der Waals surface area contributed by atoms with Gasteiger partial charge < -0.3 is 34.4 Å². The molecule has 1 aromatic heterocycles. The fourth-order valence-electron chi connectivity index (χ4n) is 1.59. The molecule has 1 heterocycles. The molecule has 5 heteroatoms. The summed E-state index contributed by atoms with van der Waals surface area (Å²) in [6.45, 7) is 6.06. The molecule has 0 unspecified atom stereocenters. The smallest absolute Gasteiger partial charge is 0.259 e. The van der Waals surface area contributed by atoms with Gasteiger partial charge in [-0.2, -0.15) is 0 Å². The van der Waals surface area contributed by atoms with Gasteiger partial charge in [0.2, 0.25) is 0 Å². The van der Waals surface area contributed by atoms with E-state index in [1.807, 2.05) is 34.0 Å². The molecule has 0 saturated carbocycles. The number of amides is 1. The predicted molar refractivity (Wildman–Crippen MR) is 65.2 cm³/mol. The van der Waals surface area contributed by atoms with Crippen LogP contribution in [0.4, 0.5) is 0 Å². The van der Waals surface area contributed by atoms with Crippen molar-refractivity contribution in [2.24, 2.45) is 12.5 Å². The third kappa shape index (κ3) is 6.30. The van der Waals surface area contributed by atoms with E-state index in [0.29, 0.717) is 12.0 Å². The molecule has 102 valence electrons. The van der Waals surface area contributed by atoms with Crippen LogP contribution in [0.1, 0.15) is 37.6 Å². The number of pyridine rings is 1. The second-order valence-corrected chi connectivity index (χ2v) is 5.51. The molecule has 1 amide bonds. The van der Waals surface area contributed by atoms with Crippen LogP contribution in [0.3, 0.4) is 0 Å². The first kappa shape index (κ1) is 17.3. The number of nitrogens with one attached hydrogen (secondary N) is 1. The van der Waals surface area contributed by atoms with Gasteiger partial charge in [0.25, 0.3) is 5.91 Å². The van der Waals surface area contributed by atoms with Gasteiger partial charge in [-0.3, -0.25) is 4.79 Å². The number of rotatable bonds is 3. The maximum Gasteiger partial charge on any atom is 0.259 e. The summed E-state index contributed by atoms with van der Waals surface area (Å²) in [5.41, 5.74) is 0.525. The molecule has 0 aromatic carbocycles. The van der Waals surface area contributed by atoms with Crippen molar-refractivity contribution < 1.29 is 38.4 Å². The van der Waals surface area contributed by atoms with E-state index in [0.717, 1.165) is 0 Å². The van der Waals surface area contributed by atoms with Crippen LogP contribution in [0, 0.1) is 5.41 Å². The Morgan fingerprint density at radius 3 is 2.61 bits per heavy atom. The quantitative estimate of drug-likeness (QED) is 0.371. The molecule has 1 rings (SSSR count). The number of carbonyl (C=O) groups is 1. The van der Waals surface area contributed by atoms with E-state index < -0.39 is 6.23 Å². The standard InChI is InChI=1S/C13H20N2O2.HI/c1-13(2,3)8-11(16)14-12(17)10-6-5-7-15(4)9-10;/h5-7,9,11,16H,8H2,1-4H3;1H/t11-;/m0./s1. The summed E-state index contributed by atoms with van der Waals surface area (Å²) in [5, 5.41) is 12.3. The second kappa shape index (κ2) is 7.04. The highest BCUT2D eigenvalue weighted by atomic mass is 127. The second-order valence-electron chi connectivity index (χ2n) is 5.51. The number of nitrogens with zero attached hydrogens (tertiary/aromatic N) is 1. The number of halogens is 1. The third-order valence-electron chi connectivity index (χ3n) is 2.31. The van der Waals surface area contributed by atoms with Crippen molar-refractivity contribution in [3.05, 3.63) is 30.1 Å². The van der Waals surface area contributed by atoms with Gasteiger partial charge >= 0.3 is 0 Å². The van der Waals surface area contributed by atoms with Crippen LogP contribution in [-0.4, -0.2) is 17.2 Å². The van der Waals surface area contributed by atoms with Crippen molar-refractivity contribution >= 4 is 5.91 Å². The van der Waals surface area contributed by atoms with E-state index in [4.69, 9.17) is 0 Å². The summed E-state index contributed by atoms with van der Waals surface area (Å²) in [5.74, 6) is -0.252. The SMILES string of the molecule is C[n+]1cccc(C(=O)N[C@@H](O)CC(C)(C)C)c1.[I-]. The van der Waals surface area contributed by atoms with Crippen LogP contribution >= 0.6 is 0 Å². The highest BCUT2D eigenvalue weighted by Crippen LogP contribution is 2.19. The average Bonchev–Trinajstić information content (AvgIpc) is 2.14. The summed E-state index contributed by atoms with van der Waals surface area (Å²) in [6, 6.07) is 3.52. The van der Waals surface area contributed by atoms with Gasteiger partial charge in [-0.05, 0) is 17.9 Å². The Morgan fingerprint density at radius 1 is 1.50 bits per heavy atom. The molecule has 18 heavy (non-hydrogen) atoms. The van der Waals surface area contributed by atoms with Crippen molar-refractivity contribution in [1.82, 2.24) is 5.32 Å². The Hall–Kier alpha value is -0.690. The van der Waals surface area contributed by atoms with Crippen LogP contribution in [0.5, 0.6) is 0 Å². The third-order valence-corrected chi connectivity index (χ3v) is 2.31. The highest BCUT2D eigenvalue weighted by molar-refractivity contribution is 5.93. The first-order valence-corrected chi connectivity index (χ1v) is 5.72. The highest BCUT2D eigenvalue weighted by Gasteiger charge is 2.19. The van der Waals surface area contributed by atoms with Crippen LogP contribution in [-0.2, 0) is 7.05 Å². The lowest BCUT2D eigenvalue weighted by molar-refractivity contribution is -0.671. The molecular weight excluding hydrogens is 343 g/mol. The van der Waals surface area contributed by atoms with Gasteiger partial charge in [-0.15, -0.1) is 0 Å². The van der Waals surface area contributed by atoms with E-state index in [1.54, 1.807) is 22.9 Å². The van der Waals surface area contributed by atoms with Gasteiger partial charge in [0.15, 0.2) is 12.4 Å². The first-order chi connectivity index (χ1) is 7.78. The summed E-state index contributed by atoms with van der Waals surface area (Å²) in [6.07, 6.45) is 3.28. The number of hydrogen-bond donors (Lipinski definition) is 2. The summed E-state index contributed by atoms with van der Waals surface area (Å²) in [7, 11) is 1.85. The van der Waals surface area contributed by atoms with Crippen molar-refractivity contribution in [3.8, 4) is 0 Å². The maximum atomic E-state index is 11.8. The van der Waals surface area contributed by atoms with E-state index in [2.05, 4.69) is 5.32 Å². The summed E-state index contributed by atoms with van der Waals surface area (Å²) < 4.78 is 1.80. The zero-order valence-electron chi connectivity index (χ0n) is 11.3. The molecule has 0 radical (unpaired) electrons. The van der Waals surface area contributed by atoms with Gasteiger partial charge in [0, 0.05) is 6.07 Å². The molecule has 0 saturated heterocycles. The van der Waals surface area contributed by atoms with Crippen LogP contribution < -0.4 is 33.9 Å². The van der Waals surface area contributed by atoms with Gasteiger partial charge in [-0.1, -0.05) is 20.8 Å². The molecule has 0 bridgehead atoms. The molecule has 0 aliphatic carbocycles. The number of hydrogen-bond acceptors (Lipinski definition) is 2. The number of aryl methyl sites for hydroxylation is 1. The molecule has 0 fully saturated rings. The summed E-state index contributed by atoms with van der Waals surface area (Å²) in [4.78, 5) is 11.8. The zero-order valence-corrected chi connectivity index (χ0v) is 13.4. The van der Waals surface area contributed by atoms with Gasteiger partial charge in [0.05, 0.1) is 0 Å². The molecular formula is C13H21IN2O2. The Balaban J connectivity index is 0.00000289. The van der Waals surface area contributed by atoms with Gasteiger partial charge in [-0.25, -0.2) is 4.57 Å². The van der Waals surface area contributed by atoms with E-state index in [1.165, 1.54) is 0 Å². The zero-order chi connectivity index (χ0) is 13.1. The lowest BCUT2D eigenvalue weighted by atomic mass is 9.91. The Labute approximate surface area is 125 Å². The van der Waals surface area contributed by atoms with Crippen LogP contribution in [0.2, 0.25) is 0 Å². The van der Waals surface area contributed by atoms with Crippen LogP contribution in [0.25, 0.3) is 0 Å². The minimum atomic E-state index is -0.812. The molecule has 1 aromatic rings. The van der Waals surface area contributed by atoms with E-state index >= 15 is 0 Å².